The molecular weight excluding hydrogens is 234 g/mol. The number of aromatic nitrogens is 2. The van der Waals surface area contributed by atoms with Gasteiger partial charge in [-0.3, -0.25) is 14.0 Å². The van der Waals surface area contributed by atoms with Gasteiger partial charge in [0.15, 0.2) is 0 Å². The Morgan fingerprint density at radius 3 is 3.06 bits per heavy atom. The summed E-state index contributed by atoms with van der Waals surface area (Å²) in [6, 6.07) is 5.13. The van der Waals surface area contributed by atoms with E-state index in [0.29, 0.717) is 5.65 Å². The molecule has 0 saturated carbocycles. The molecule has 0 unspecified atom stereocenters. The monoisotopic (exact) mass is 247 g/mol. The van der Waals surface area contributed by atoms with Crippen molar-refractivity contribution in [1.29, 1.82) is 0 Å². The van der Waals surface area contributed by atoms with Crippen LogP contribution >= 0.6 is 0 Å². The number of amides is 1. The molecule has 0 saturated heterocycles. The molecule has 2 aromatic rings. The number of aliphatic hydroxyl groups is 1. The molecule has 0 aliphatic heterocycles. The summed E-state index contributed by atoms with van der Waals surface area (Å²) in [6.45, 7) is 1.64. The lowest BCUT2D eigenvalue weighted by Crippen LogP contribution is -2.35. The summed E-state index contributed by atoms with van der Waals surface area (Å²) in [7, 11) is 0. The molecule has 1 amide bonds. The zero-order chi connectivity index (χ0) is 13.1. The maximum atomic E-state index is 12.0. The quantitative estimate of drug-likeness (QED) is 0.787. The van der Waals surface area contributed by atoms with E-state index in [1.54, 1.807) is 31.3 Å². The first-order valence-electron chi connectivity index (χ1n) is 5.52. The van der Waals surface area contributed by atoms with Crippen molar-refractivity contribution in [2.24, 2.45) is 0 Å². The highest BCUT2D eigenvalue weighted by Gasteiger charge is 2.13. The number of hydrogen-bond donors (Lipinski definition) is 2. The second-order valence-corrected chi connectivity index (χ2v) is 3.96. The number of carbonyl (C=O) groups is 1. The van der Waals surface area contributed by atoms with Crippen molar-refractivity contribution >= 4 is 11.6 Å². The Balaban J connectivity index is 2.37. The standard InChI is InChI=1S/C12H13N3O3/c1-8(16)6-14-11(17)9-7-13-10-4-2-3-5-15(10)12(9)18/h2-5,7-8,16H,6H2,1H3,(H,14,17)/t8-/m1/s1. The van der Waals surface area contributed by atoms with Crippen molar-refractivity contribution in [3.63, 3.8) is 0 Å². The van der Waals surface area contributed by atoms with Gasteiger partial charge >= 0.3 is 0 Å². The van der Waals surface area contributed by atoms with Gasteiger partial charge in [0, 0.05) is 18.9 Å². The van der Waals surface area contributed by atoms with Gasteiger partial charge in [-0.05, 0) is 19.1 Å². The number of hydrogen-bond acceptors (Lipinski definition) is 4. The summed E-state index contributed by atoms with van der Waals surface area (Å²) in [5, 5.41) is 11.5. The first kappa shape index (κ1) is 12.3. The van der Waals surface area contributed by atoms with Crippen molar-refractivity contribution in [3.05, 3.63) is 46.5 Å². The van der Waals surface area contributed by atoms with Crippen LogP contribution in [0.25, 0.3) is 5.65 Å². The van der Waals surface area contributed by atoms with Crippen LogP contribution in [-0.4, -0.2) is 33.0 Å². The molecule has 2 aromatic heterocycles. The normalized spacial score (nSPS) is 12.3. The Labute approximate surface area is 103 Å². The molecule has 2 rings (SSSR count). The molecule has 6 heteroatoms. The number of pyridine rings is 1. The van der Waals surface area contributed by atoms with Crippen molar-refractivity contribution in [2.45, 2.75) is 13.0 Å². The van der Waals surface area contributed by atoms with Crippen molar-refractivity contribution in [3.8, 4) is 0 Å². The van der Waals surface area contributed by atoms with E-state index < -0.39 is 17.6 Å². The molecular formula is C12H13N3O3. The molecule has 18 heavy (non-hydrogen) atoms. The Morgan fingerprint density at radius 2 is 2.33 bits per heavy atom. The van der Waals surface area contributed by atoms with E-state index in [2.05, 4.69) is 10.3 Å². The van der Waals surface area contributed by atoms with Crippen LogP contribution in [0.1, 0.15) is 17.3 Å². The largest absolute Gasteiger partial charge is 0.392 e. The SMILES string of the molecule is C[C@@H](O)CNC(=O)c1cnc2ccccn2c1=O. The molecule has 0 bridgehead atoms. The van der Waals surface area contributed by atoms with Gasteiger partial charge in [-0.25, -0.2) is 4.98 Å². The van der Waals surface area contributed by atoms with Crippen LogP contribution < -0.4 is 10.9 Å². The fraction of sp³-hybridized carbons (Fsp3) is 0.250. The minimum atomic E-state index is -0.662. The average molecular weight is 247 g/mol. The average Bonchev–Trinajstić information content (AvgIpc) is 2.37. The van der Waals surface area contributed by atoms with Crippen LogP contribution in [0, 0.1) is 0 Å². The summed E-state index contributed by atoms with van der Waals surface area (Å²) in [6.07, 6.45) is 2.13. The first-order chi connectivity index (χ1) is 8.59. The van der Waals surface area contributed by atoms with Gasteiger partial charge < -0.3 is 10.4 Å². The molecule has 6 nitrogen and oxygen atoms in total. The summed E-state index contributed by atoms with van der Waals surface area (Å²) in [5.41, 5.74) is 0.0117. The highest BCUT2D eigenvalue weighted by atomic mass is 16.3. The maximum absolute atomic E-state index is 12.0. The third-order valence-corrected chi connectivity index (χ3v) is 2.42. The Bertz CT molecular complexity index is 634. The zero-order valence-corrected chi connectivity index (χ0v) is 9.83. The molecule has 2 heterocycles. The lowest BCUT2D eigenvalue weighted by molar-refractivity contribution is 0.0922. The second-order valence-electron chi connectivity index (χ2n) is 3.96. The molecule has 0 spiro atoms. The lowest BCUT2D eigenvalue weighted by Gasteiger charge is -2.07. The second kappa shape index (κ2) is 4.97. The van der Waals surface area contributed by atoms with Crippen LogP contribution in [0.2, 0.25) is 0 Å². The molecule has 1 atom stereocenters. The molecule has 2 N–H and O–H groups in total. The predicted octanol–water partition coefficient (Wildman–Crippen LogP) is -0.195. The molecule has 0 aliphatic carbocycles. The smallest absolute Gasteiger partial charge is 0.270 e. The van der Waals surface area contributed by atoms with E-state index in [4.69, 9.17) is 5.11 Å². The number of carbonyl (C=O) groups excluding carboxylic acids is 1. The van der Waals surface area contributed by atoms with Gasteiger partial charge in [0.05, 0.1) is 6.10 Å². The minimum absolute atomic E-state index is 0.0423. The maximum Gasteiger partial charge on any atom is 0.270 e. The third kappa shape index (κ3) is 2.38. The lowest BCUT2D eigenvalue weighted by atomic mass is 10.3. The van der Waals surface area contributed by atoms with Gasteiger partial charge in [-0.15, -0.1) is 0 Å². The fourth-order valence-electron chi connectivity index (χ4n) is 1.52. The van der Waals surface area contributed by atoms with Crippen molar-refractivity contribution < 1.29 is 9.90 Å². The Morgan fingerprint density at radius 1 is 1.56 bits per heavy atom. The molecule has 0 aliphatic rings. The van der Waals surface area contributed by atoms with E-state index in [-0.39, 0.29) is 12.1 Å². The predicted molar refractivity (Wildman–Crippen MR) is 65.5 cm³/mol. The summed E-state index contributed by atoms with van der Waals surface area (Å²) < 4.78 is 1.30. The Hall–Kier alpha value is -2.21. The van der Waals surface area contributed by atoms with Gasteiger partial charge in [0.25, 0.3) is 11.5 Å². The summed E-state index contributed by atoms with van der Waals surface area (Å²) in [5.74, 6) is -0.536. The minimum Gasteiger partial charge on any atom is -0.392 e. The first-order valence-corrected chi connectivity index (χ1v) is 5.52. The Kier molecular flexibility index (Phi) is 3.38. The number of rotatable bonds is 3. The van der Waals surface area contributed by atoms with Gasteiger partial charge in [-0.2, -0.15) is 0 Å². The van der Waals surface area contributed by atoms with Crippen LogP contribution in [0.15, 0.2) is 35.4 Å². The number of nitrogens with zero attached hydrogens (tertiary/aromatic N) is 2. The van der Waals surface area contributed by atoms with Crippen LogP contribution in [-0.2, 0) is 0 Å². The van der Waals surface area contributed by atoms with Crippen molar-refractivity contribution in [1.82, 2.24) is 14.7 Å². The topological polar surface area (TPSA) is 83.7 Å². The molecule has 0 fully saturated rings. The molecule has 94 valence electrons. The van der Waals surface area contributed by atoms with E-state index in [0.717, 1.165) is 0 Å². The van der Waals surface area contributed by atoms with Crippen LogP contribution in [0.5, 0.6) is 0 Å². The highest BCUT2D eigenvalue weighted by molar-refractivity contribution is 5.93. The van der Waals surface area contributed by atoms with Crippen LogP contribution in [0.3, 0.4) is 0 Å². The van der Waals surface area contributed by atoms with Crippen molar-refractivity contribution in [2.75, 3.05) is 6.54 Å². The number of fused-ring (bicyclic) bond motifs is 1. The molecule has 0 aromatic carbocycles. The molecule has 0 radical (unpaired) electrons. The van der Waals surface area contributed by atoms with E-state index in [1.165, 1.54) is 10.6 Å². The fourth-order valence-corrected chi connectivity index (χ4v) is 1.52. The zero-order valence-electron chi connectivity index (χ0n) is 9.83. The third-order valence-electron chi connectivity index (χ3n) is 2.42. The van der Waals surface area contributed by atoms with Gasteiger partial charge in [0.2, 0.25) is 0 Å². The van der Waals surface area contributed by atoms with E-state index >= 15 is 0 Å². The number of aliphatic hydroxyl groups excluding tert-OH is 1. The number of nitrogens with one attached hydrogen (secondary N) is 1. The highest BCUT2D eigenvalue weighted by Crippen LogP contribution is 1.97. The summed E-state index contributed by atoms with van der Waals surface area (Å²) in [4.78, 5) is 27.8. The summed E-state index contributed by atoms with van der Waals surface area (Å²) >= 11 is 0. The van der Waals surface area contributed by atoms with Gasteiger partial charge in [-0.1, -0.05) is 6.07 Å². The van der Waals surface area contributed by atoms with Crippen LogP contribution in [0.4, 0.5) is 0 Å². The van der Waals surface area contributed by atoms with E-state index in [1.807, 2.05) is 0 Å². The van der Waals surface area contributed by atoms with Gasteiger partial charge in [0.1, 0.15) is 11.2 Å². The van der Waals surface area contributed by atoms with E-state index in [9.17, 15) is 9.59 Å².